The van der Waals surface area contributed by atoms with Crippen molar-refractivity contribution in [2.75, 3.05) is 13.2 Å². The van der Waals surface area contributed by atoms with E-state index in [9.17, 15) is 4.79 Å². The number of aryl methyl sites for hydroxylation is 2. The molecule has 0 atom stereocenters. The molecule has 2 aromatic rings. The number of esters is 1. The molecule has 0 saturated heterocycles. The highest BCUT2D eigenvalue weighted by molar-refractivity contribution is 5.88. The summed E-state index contributed by atoms with van der Waals surface area (Å²) < 4.78 is 12.8. The van der Waals surface area contributed by atoms with Gasteiger partial charge in [0.15, 0.2) is 12.4 Å². The minimum atomic E-state index is -0.272. The molecular formula is C19H24INO3. The van der Waals surface area contributed by atoms with Crippen LogP contribution in [0.25, 0.3) is 0 Å². The lowest BCUT2D eigenvalue weighted by atomic mass is 10.2. The molecule has 130 valence electrons. The number of benzene rings is 1. The number of aromatic nitrogens is 1. The first-order valence-corrected chi connectivity index (χ1v) is 8.04. The molecule has 0 N–H and O–H groups in total. The molecule has 4 nitrogen and oxygen atoms in total. The van der Waals surface area contributed by atoms with Gasteiger partial charge in [0.1, 0.15) is 12.3 Å². The number of ether oxygens (including phenoxy) is 2. The number of carbonyl (C=O) groups excluding carboxylic acids is 1. The van der Waals surface area contributed by atoms with Crippen LogP contribution in [-0.2, 0) is 11.3 Å². The van der Waals surface area contributed by atoms with Gasteiger partial charge >= 0.3 is 5.97 Å². The second kappa shape index (κ2) is 11.0. The number of halogens is 1. The smallest absolute Gasteiger partial charge is 0.338 e. The van der Waals surface area contributed by atoms with Crippen LogP contribution in [0.5, 0.6) is 5.75 Å². The first kappa shape index (κ1) is 20.4. The van der Waals surface area contributed by atoms with Crippen LogP contribution in [0.4, 0.5) is 0 Å². The maximum Gasteiger partial charge on any atom is 0.338 e. The van der Waals surface area contributed by atoms with Gasteiger partial charge in [0.2, 0.25) is 0 Å². The van der Waals surface area contributed by atoms with Crippen LogP contribution in [0.1, 0.15) is 35.7 Å². The SMILES string of the molecule is CCOC(=O)c1cc[n+](CCCCOc2cccc(C)c2)cc1.[I-]. The Balaban J connectivity index is 0.00000288. The molecule has 1 aromatic carbocycles. The summed E-state index contributed by atoms with van der Waals surface area (Å²) in [7, 11) is 0. The molecule has 0 unspecified atom stereocenters. The summed E-state index contributed by atoms with van der Waals surface area (Å²) >= 11 is 0. The molecule has 24 heavy (non-hydrogen) atoms. The molecule has 0 spiro atoms. The van der Waals surface area contributed by atoms with E-state index in [2.05, 4.69) is 17.6 Å². The van der Waals surface area contributed by atoms with Gasteiger partial charge in [-0.05, 0) is 38.0 Å². The van der Waals surface area contributed by atoms with Gasteiger partial charge in [0, 0.05) is 18.6 Å². The predicted octanol–water partition coefficient (Wildman–Crippen LogP) is 0.322. The zero-order valence-electron chi connectivity index (χ0n) is 14.2. The lowest BCUT2D eigenvalue weighted by molar-refractivity contribution is -0.697. The van der Waals surface area contributed by atoms with Gasteiger partial charge in [-0.1, -0.05) is 12.1 Å². The monoisotopic (exact) mass is 441 g/mol. The zero-order valence-corrected chi connectivity index (χ0v) is 16.4. The topological polar surface area (TPSA) is 39.4 Å². The summed E-state index contributed by atoms with van der Waals surface area (Å²) in [5, 5.41) is 0. The molecule has 0 amide bonds. The second-order valence-electron chi connectivity index (χ2n) is 5.42. The van der Waals surface area contributed by atoms with Crippen molar-refractivity contribution in [3.63, 3.8) is 0 Å². The average Bonchev–Trinajstić information content (AvgIpc) is 2.55. The average molecular weight is 441 g/mol. The number of pyridine rings is 1. The number of hydrogen-bond acceptors (Lipinski definition) is 3. The van der Waals surface area contributed by atoms with Crippen molar-refractivity contribution in [2.45, 2.75) is 33.2 Å². The van der Waals surface area contributed by atoms with Crippen LogP contribution in [0.15, 0.2) is 48.8 Å². The number of hydrogen-bond donors (Lipinski definition) is 0. The normalized spacial score (nSPS) is 9.92. The van der Waals surface area contributed by atoms with E-state index in [-0.39, 0.29) is 29.9 Å². The van der Waals surface area contributed by atoms with Crippen molar-refractivity contribution in [2.24, 2.45) is 0 Å². The Morgan fingerprint density at radius 3 is 2.54 bits per heavy atom. The van der Waals surface area contributed by atoms with Gasteiger partial charge in [-0.15, -0.1) is 0 Å². The fourth-order valence-corrected chi connectivity index (χ4v) is 2.25. The maximum atomic E-state index is 11.6. The second-order valence-corrected chi connectivity index (χ2v) is 5.42. The first-order valence-electron chi connectivity index (χ1n) is 8.04. The van der Waals surface area contributed by atoms with Crippen LogP contribution >= 0.6 is 0 Å². The molecule has 0 fully saturated rings. The molecule has 1 aromatic heterocycles. The van der Waals surface area contributed by atoms with E-state index in [1.807, 2.05) is 30.6 Å². The summed E-state index contributed by atoms with van der Waals surface area (Å²) in [5.74, 6) is 0.655. The Kier molecular flexibility index (Phi) is 9.37. The largest absolute Gasteiger partial charge is 1.00 e. The Bertz CT molecular complexity index is 629. The summed E-state index contributed by atoms with van der Waals surface area (Å²) in [6.45, 7) is 5.88. The van der Waals surface area contributed by atoms with E-state index in [0.717, 1.165) is 25.1 Å². The summed E-state index contributed by atoms with van der Waals surface area (Å²) in [6, 6.07) is 11.7. The highest BCUT2D eigenvalue weighted by atomic mass is 127. The Hall–Kier alpha value is -1.63. The van der Waals surface area contributed by atoms with Gasteiger partial charge in [-0.25, -0.2) is 9.36 Å². The van der Waals surface area contributed by atoms with E-state index in [4.69, 9.17) is 9.47 Å². The molecule has 0 saturated carbocycles. The third kappa shape index (κ3) is 6.86. The minimum absolute atomic E-state index is 0. The van der Waals surface area contributed by atoms with Gasteiger partial charge < -0.3 is 33.5 Å². The minimum Gasteiger partial charge on any atom is -1.00 e. The van der Waals surface area contributed by atoms with Gasteiger partial charge in [0.25, 0.3) is 0 Å². The lowest BCUT2D eigenvalue weighted by Gasteiger charge is -2.06. The van der Waals surface area contributed by atoms with E-state index in [0.29, 0.717) is 18.8 Å². The maximum absolute atomic E-state index is 11.6. The standard InChI is InChI=1S/C19H24NO3.HI/c1-3-22-19(21)17-9-12-20(13-10-17)11-4-5-14-23-18-8-6-7-16(2)15-18;/h6-10,12-13,15H,3-5,11,14H2,1-2H3;1H/q+1;/p-1. The van der Waals surface area contributed by atoms with Crippen molar-refractivity contribution in [1.82, 2.24) is 0 Å². The van der Waals surface area contributed by atoms with Crippen LogP contribution in [-0.4, -0.2) is 19.2 Å². The van der Waals surface area contributed by atoms with Gasteiger partial charge in [0.05, 0.1) is 18.8 Å². The van der Waals surface area contributed by atoms with E-state index in [1.54, 1.807) is 19.1 Å². The van der Waals surface area contributed by atoms with Crippen molar-refractivity contribution in [1.29, 1.82) is 0 Å². The number of carbonyl (C=O) groups is 1. The highest BCUT2D eigenvalue weighted by Crippen LogP contribution is 2.12. The molecule has 5 heteroatoms. The fourth-order valence-electron chi connectivity index (χ4n) is 2.25. The molecule has 0 aliphatic heterocycles. The molecule has 1 heterocycles. The Labute approximate surface area is 160 Å². The molecule has 2 rings (SSSR count). The molecule has 0 aliphatic rings. The van der Waals surface area contributed by atoms with E-state index >= 15 is 0 Å². The van der Waals surface area contributed by atoms with Crippen molar-refractivity contribution >= 4 is 5.97 Å². The van der Waals surface area contributed by atoms with Gasteiger partial charge in [-0.2, -0.15) is 0 Å². The van der Waals surface area contributed by atoms with Crippen LogP contribution in [0.2, 0.25) is 0 Å². The van der Waals surface area contributed by atoms with Crippen LogP contribution in [0, 0.1) is 6.92 Å². The fraction of sp³-hybridized carbons (Fsp3) is 0.368. The number of rotatable bonds is 8. The van der Waals surface area contributed by atoms with Gasteiger partial charge in [-0.3, -0.25) is 0 Å². The quantitative estimate of drug-likeness (QED) is 0.257. The van der Waals surface area contributed by atoms with Crippen LogP contribution < -0.4 is 33.3 Å². The van der Waals surface area contributed by atoms with Crippen molar-refractivity contribution < 1.29 is 42.8 Å². The van der Waals surface area contributed by atoms with E-state index < -0.39 is 0 Å². The zero-order chi connectivity index (χ0) is 16.5. The summed E-state index contributed by atoms with van der Waals surface area (Å²) in [5.41, 5.74) is 1.80. The molecule has 0 aliphatic carbocycles. The Morgan fingerprint density at radius 1 is 1.12 bits per heavy atom. The summed E-state index contributed by atoms with van der Waals surface area (Å²) in [4.78, 5) is 11.6. The molecule has 0 bridgehead atoms. The Morgan fingerprint density at radius 2 is 1.88 bits per heavy atom. The molecule has 0 radical (unpaired) electrons. The lowest BCUT2D eigenvalue weighted by Crippen LogP contribution is -3.00. The van der Waals surface area contributed by atoms with E-state index in [1.165, 1.54) is 5.56 Å². The number of unbranched alkanes of at least 4 members (excludes halogenated alkanes) is 1. The third-order valence-corrected chi connectivity index (χ3v) is 3.47. The van der Waals surface area contributed by atoms with Crippen molar-refractivity contribution in [3.8, 4) is 5.75 Å². The predicted molar refractivity (Wildman–Crippen MR) is 88.5 cm³/mol. The van der Waals surface area contributed by atoms with Crippen LogP contribution in [0.3, 0.4) is 0 Å². The first-order chi connectivity index (χ1) is 11.2. The third-order valence-electron chi connectivity index (χ3n) is 3.47. The summed E-state index contributed by atoms with van der Waals surface area (Å²) in [6.07, 6.45) is 5.83. The number of nitrogens with zero attached hydrogens (tertiary/aromatic N) is 1. The highest BCUT2D eigenvalue weighted by Gasteiger charge is 2.08. The van der Waals surface area contributed by atoms with Crippen molar-refractivity contribution in [3.05, 3.63) is 59.9 Å². The molecular weight excluding hydrogens is 417 g/mol.